The fourth-order valence-electron chi connectivity index (χ4n) is 2.26. The second kappa shape index (κ2) is 7.04. The van der Waals surface area contributed by atoms with Crippen LogP contribution in [0.5, 0.6) is 5.75 Å². The Balaban J connectivity index is 1.97. The number of pyridine rings is 1. The molecular weight excluding hydrogens is 372 g/mol. The van der Waals surface area contributed by atoms with Gasteiger partial charge >= 0.3 is 6.09 Å². The Morgan fingerprint density at radius 1 is 1.55 bits per heavy atom. The number of hydrogen-bond acceptors (Lipinski definition) is 4. The Kier molecular flexibility index (Phi) is 5.55. The smallest absolute Gasteiger partial charge is 0.410 e. The van der Waals surface area contributed by atoms with Gasteiger partial charge in [0, 0.05) is 17.2 Å². The van der Waals surface area contributed by atoms with Gasteiger partial charge in [0.05, 0.1) is 6.04 Å². The highest BCUT2D eigenvalue weighted by Crippen LogP contribution is 2.27. The second-order valence-corrected chi connectivity index (χ2v) is 7.50. The number of carbonyl (C=O) groups excluding carboxylic acids is 1. The quantitative estimate of drug-likeness (QED) is 0.722. The third kappa shape index (κ3) is 4.74. The predicted molar refractivity (Wildman–Crippen MR) is 88.4 cm³/mol. The molecule has 122 valence electrons. The molecule has 22 heavy (non-hydrogen) atoms. The van der Waals surface area contributed by atoms with Gasteiger partial charge in [-0.1, -0.05) is 11.6 Å². The van der Waals surface area contributed by atoms with Crippen molar-refractivity contribution in [2.75, 3.05) is 13.2 Å². The summed E-state index contributed by atoms with van der Waals surface area (Å²) in [5.74, 6) is 0.507. The van der Waals surface area contributed by atoms with Gasteiger partial charge in [0.15, 0.2) is 10.9 Å². The lowest BCUT2D eigenvalue weighted by atomic mass is 10.2. The van der Waals surface area contributed by atoms with E-state index in [9.17, 15) is 4.79 Å². The van der Waals surface area contributed by atoms with E-state index in [1.54, 1.807) is 17.2 Å². The first kappa shape index (κ1) is 17.3. The van der Waals surface area contributed by atoms with Gasteiger partial charge in [-0.15, -0.1) is 0 Å². The Hall–Kier alpha value is -1.01. The van der Waals surface area contributed by atoms with E-state index in [2.05, 4.69) is 20.9 Å². The lowest BCUT2D eigenvalue weighted by Gasteiger charge is -2.28. The number of hydrogen-bond donors (Lipinski definition) is 0. The average molecular weight is 392 g/mol. The summed E-state index contributed by atoms with van der Waals surface area (Å²) in [4.78, 5) is 17.9. The highest BCUT2D eigenvalue weighted by atomic mass is 79.9. The van der Waals surface area contributed by atoms with Crippen molar-refractivity contribution in [2.45, 2.75) is 45.3 Å². The summed E-state index contributed by atoms with van der Waals surface area (Å²) in [6, 6.07) is 1.76. The zero-order chi connectivity index (χ0) is 16.3. The van der Waals surface area contributed by atoms with E-state index in [0.717, 1.165) is 17.3 Å². The van der Waals surface area contributed by atoms with Crippen LogP contribution in [0.25, 0.3) is 0 Å². The van der Waals surface area contributed by atoms with Gasteiger partial charge < -0.3 is 14.4 Å². The zero-order valence-electron chi connectivity index (χ0n) is 12.9. The van der Waals surface area contributed by atoms with Gasteiger partial charge in [0.25, 0.3) is 0 Å². The summed E-state index contributed by atoms with van der Waals surface area (Å²) in [6.07, 6.45) is 3.14. The van der Waals surface area contributed by atoms with Crippen molar-refractivity contribution in [2.24, 2.45) is 0 Å². The fraction of sp³-hybridized carbons (Fsp3) is 0.600. The van der Waals surface area contributed by atoms with Crippen LogP contribution >= 0.6 is 27.5 Å². The number of aromatic nitrogens is 1. The van der Waals surface area contributed by atoms with Crippen LogP contribution in [-0.2, 0) is 4.74 Å². The summed E-state index contributed by atoms with van der Waals surface area (Å²) in [7, 11) is 0. The lowest BCUT2D eigenvalue weighted by molar-refractivity contribution is 0.0187. The molecular formula is C15H20BrClN2O3. The lowest BCUT2D eigenvalue weighted by Crippen LogP contribution is -2.42. The van der Waals surface area contributed by atoms with Gasteiger partial charge in [-0.05, 0) is 55.6 Å². The molecule has 0 saturated carbocycles. The van der Waals surface area contributed by atoms with Crippen molar-refractivity contribution in [3.05, 3.63) is 21.9 Å². The molecule has 0 bridgehead atoms. The first-order chi connectivity index (χ1) is 10.3. The molecule has 1 aromatic rings. The predicted octanol–water partition coefficient (Wildman–Crippen LogP) is 4.28. The molecule has 0 N–H and O–H groups in total. The van der Waals surface area contributed by atoms with Gasteiger partial charge in [-0.2, -0.15) is 0 Å². The maximum Gasteiger partial charge on any atom is 0.410 e. The Labute approximate surface area is 144 Å². The van der Waals surface area contributed by atoms with Crippen molar-refractivity contribution in [3.63, 3.8) is 0 Å². The molecule has 2 heterocycles. The molecule has 1 aromatic heterocycles. The van der Waals surface area contributed by atoms with Gasteiger partial charge in [0.2, 0.25) is 0 Å². The molecule has 0 aromatic carbocycles. The maximum atomic E-state index is 12.2. The van der Waals surface area contributed by atoms with E-state index in [4.69, 9.17) is 21.1 Å². The number of likely N-dealkylation sites (tertiary alicyclic amines) is 1. The molecule has 0 radical (unpaired) electrons. The molecule has 0 aliphatic carbocycles. The molecule has 1 aliphatic rings. The maximum absolute atomic E-state index is 12.2. The van der Waals surface area contributed by atoms with Gasteiger partial charge in [-0.25, -0.2) is 9.78 Å². The van der Waals surface area contributed by atoms with Crippen molar-refractivity contribution in [1.29, 1.82) is 0 Å². The van der Waals surface area contributed by atoms with Crippen LogP contribution < -0.4 is 4.74 Å². The Bertz CT molecular complexity index is 548. The third-order valence-corrected chi connectivity index (χ3v) is 3.93. The topological polar surface area (TPSA) is 51.7 Å². The molecule has 0 spiro atoms. The molecule has 1 atom stereocenters. The van der Waals surface area contributed by atoms with Gasteiger partial charge in [-0.3, -0.25) is 0 Å². The largest absolute Gasteiger partial charge is 0.488 e. The standard InChI is InChI=1S/C15H20BrClN2O3/c1-15(2,3)22-14(20)19-6-4-5-11(19)9-21-12-7-10(16)8-18-13(12)17/h7-8,11H,4-6,9H2,1-3H3/t11-/m1/s1. The van der Waals surface area contributed by atoms with E-state index >= 15 is 0 Å². The monoisotopic (exact) mass is 390 g/mol. The van der Waals surface area contributed by atoms with Crippen LogP contribution in [0, 0.1) is 0 Å². The van der Waals surface area contributed by atoms with Crippen LogP contribution in [0.1, 0.15) is 33.6 Å². The molecule has 2 rings (SSSR count). The normalized spacial score (nSPS) is 18.4. The van der Waals surface area contributed by atoms with E-state index in [-0.39, 0.29) is 12.1 Å². The van der Waals surface area contributed by atoms with E-state index < -0.39 is 5.60 Å². The van der Waals surface area contributed by atoms with Crippen LogP contribution in [0.3, 0.4) is 0 Å². The minimum atomic E-state index is -0.497. The number of halogens is 2. The van der Waals surface area contributed by atoms with Crippen LogP contribution in [0.4, 0.5) is 4.79 Å². The Morgan fingerprint density at radius 3 is 2.95 bits per heavy atom. The van der Waals surface area contributed by atoms with Crippen molar-refractivity contribution >= 4 is 33.6 Å². The summed E-state index contributed by atoms with van der Waals surface area (Å²) in [6.45, 7) is 6.64. The number of amides is 1. The minimum Gasteiger partial charge on any atom is -0.488 e. The molecule has 7 heteroatoms. The first-order valence-corrected chi connectivity index (χ1v) is 8.37. The SMILES string of the molecule is CC(C)(C)OC(=O)N1CCC[C@@H]1COc1cc(Br)cnc1Cl. The molecule has 1 amide bonds. The fourth-order valence-corrected chi connectivity index (χ4v) is 2.73. The average Bonchev–Trinajstić information content (AvgIpc) is 2.86. The summed E-state index contributed by atoms with van der Waals surface area (Å²) in [5, 5.41) is 0.310. The van der Waals surface area contributed by atoms with Crippen LogP contribution in [0.15, 0.2) is 16.7 Å². The summed E-state index contributed by atoms with van der Waals surface area (Å²) >= 11 is 9.34. The van der Waals surface area contributed by atoms with E-state index in [1.165, 1.54) is 0 Å². The van der Waals surface area contributed by atoms with Crippen molar-refractivity contribution in [1.82, 2.24) is 9.88 Å². The highest BCUT2D eigenvalue weighted by Gasteiger charge is 2.32. The van der Waals surface area contributed by atoms with Crippen LogP contribution in [-0.4, -0.2) is 40.8 Å². The van der Waals surface area contributed by atoms with E-state index in [1.807, 2.05) is 20.8 Å². The van der Waals surface area contributed by atoms with Crippen LogP contribution in [0.2, 0.25) is 5.15 Å². The third-order valence-electron chi connectivity index (χ3n) is 3.21. The summed E-state index contributed by atoms with van der Waals surface area (Å²) < 4.78 is 12.0. The number of rotatable bonds is 3. The first-order valence-electron chi connectivity index (χ1n) is 7.20. The summed E-state index contributed by atoms with van der Waals surface area (Å²) in [5.41, 5.74) is -0.497. The number of carbonyl (C=O) groups is 1. The molecule has 0 unspecified atom stereocenters. The van der Waals surface area contributed by atoms with Gasteiger partial charge in [0.1, 0.15) is 12.2 Å². The minimum absolute atomic E-state index is 0.00935. The Morgan fingerprint density at radius 2 is 2.27 bits per heavy atom. The van der Waals surface area contributed by atoms with Crippen molar-refractivity contribution in [3.8, 4) is 5.75 Å². The second-order valence-electron chi connectivity index (χ2n) is 6.22. The van der Waals surface area contributed by atoms with Crippen molar-refractivity contribution < 1.29 is 14.3 Å². The molecule has 1 fully saturated rings. The highest BCUT2D eigenvalue weighted by molar-refractivity contribution is 9.10. The molecule has 1 aliphatic heterocycles. The van der Waals surface area contributed by atoms with E-state index in [0.29, 0.717) is 24.1 Å². The molecule has 1 saturated heterocycles. The number of ether oxygens (including phenoxy) is 2. The zero-order valence-corrected chi connectivity index (χ0v) is 15.3. The molecule has 5 nitrogen and oxygen atoms in total. The number of nitrogens with zero attached hydrogens (tertiary/aromatic N) is 2.